The number of amides is 2. The zero-order valence-electron chi connectivity index (χ0n) is 21.4. The predicted molar refractivity (Wildman–Crippen MR) is 132 cm³/mol. The van der Waals surface area contributed by atoms with Gasteiger partial charge in [-0.1, -0.05) is 45.4 Å². The van der Waals surface area contributed by atoms with Gasteiger partial charge in [0.2, 0.25) is 0 Å². The molecule has 0 spiro atoms. The number of alkyl halides is 3. The van der Waals surface area contributed by atoms with E-state index in [9.17, 15) is 22.8 Å². The molecule has 1 saturated heterocycles. The first-order chi connectivity index (χ1) is 17.7. The second-order valence-corrected chi connectivity index (χ2v) is 9.65. The van der Waals surface area contributed by atoms with Gasteiger partial charge in [0.25, 0.3) is 5.91 Å². The summed E-state index contributed by atoms with van der Waals surface area (Å²) in [5, 5.41) is 5.99. The fraction of sp³-hybridized carbons (Fsp3) is 0.692. The largest absolute Gasteiger partial charge is 0.573 e. The molecule has 1 aliphatic carbocycles. The number of morpholine rings is 1. The normalized spacial score (nSPS) is 18.5. The molecule has 1 aliphatic heterocycles. The Morgan fingerprint density at radius 1 is 1.11 bits per heavy atom. The van der Waals surface area contributed by atoms with Crippen LogP contribution in [0.3, 0.4) is 0 Å². The molecule has 1 saturated carbocycles. The average molecular weight is 530 g/mol. The van der Waals surface area contributed by atoms with Crippen molar-refractivity contribution in [3.05, 3.63) is 24.3 Å². The van der Waals surface area contributed by atoms with Crippen molar-refractivity contribution in [2.45, 2.75) is 76.8 Å². The van der Waals surface area contributed by atoms with Crippen LogP contribution in [0.25, 0.3) is 0 Å². The van der Waals surface area contributed by atoms with E-state index < -0.39 is 18.6 Å². The Bertz CT molecular complexity index is 841. The van der Waals surface area contributed by atoms with Crippen LogP contribution in [0, 0.1) is 5.92 Å². The minimum atomic E-state index is -4.75. The summed E-state index contributed by atoms with van der Waals surface area (Å²) in [6.45, 7) is 4.24. The van der Waals surface area contributed by atoms with Crippen LogP contribution >= 0.6 is 0 Å². The summed E-state index contributed by atoms with van der Waals surface area (Å²) in [5.74, 6) is -0.122. The third-order valence-electron chi connectivity index (χ3n) is 6.72. The van der Waals surface area contributed by atoms with E-state index in [1.807, 2.05) is 6.92 Å². The molecule has 3 rings (SSSR count). The summed E-state index contributed by atoms with van der Waals surface area (Å²) in [7, 11) is 0. The summed E-state index contributed by atoms with van der Waals surface area (Å²) < 4.78 is 52.0. The van der Waals surface area contributed by atoms with Crippen molar-refractivity contribution in [3.63, 3.8) is 0 Å². The van der Waals surface area contributed by atoms with E-state index in [4.69, 9.17) is 9.47 Å². The number of alkyl carbamates (subject to hydrolysis) is 1. The van der Waals surface area contributed by atoms with Crippen molar-refractivity contribution in [2.24, 2.45) is 5.92 Å². The molecular formula is C26H38F3N3O5. The van der Waals surface area contributed by atoms with Gasteiger partial charge in [0.05, 0.1) is 13.2 Å². The maximum Gasteiger partial charge on any atom is 0.573 e. The second kappa shape index (κ2) is 14.3. The highest BCUT2D eigenvalue weighted by Gasteiger charge is 2.33. The molecule has 11 heteroatoms. The summed E-state index contributed by atoms with van der Waals surface area (Å²) in [6.07, 6.45) is 1.27. The maximum absolute atomic E-state index is 13.2. The molecule has 1 aromatic carbocycles. The molecule has 2 amide bonds. The van der Waals surface area contributed by atoms with Crippen molar-refractivity contribution in [1.82, 2.24) is 10.2 Å². The van der Waals surface area contributed by atoms with Crippen molar-refractivity contribution < 1.29 is 37.0 Å². The van der Waals surface area contributed by atoms with Crippen molar-refractivity contribution >= 4 is 17.7 Å². The first kappa shape index (κ1) is 28.9. The molecule has 2 aliphatic rings. The number of nitrogens with one attached hydrogen (secondary N) is 2. The third kappa shape index (κ3) is 10.3. The lowest BCUT2D eigenvalue weighted by Crippen LogP contribution is -2.49. The number of benzene rings is 1. The number of rotatable bonds is 11. The highest BCUT2D eigenvalue weighted by atomic mass is 19.4. The van der Waals surface area contributed by atoms with Crippen LogP contribution in [0.1, 0.15) is 58.3 Å². The fourth-order valence-electron chi connectivity index (χ4n) is 4.83. The Morgan fingerprint density at radius 2 is 1.78 bits per heavy atom. The number of anilines is 1. The van der Waals surface area contributed by atoms with Gasteiger partial charge in [-0.2, -0.15) is 0 Å². The molecule has 37 heavy (non-hydrogen) atoms. The molecule has 2 N–H and O–H groups in total. The standard InChI is InChI=1S/C26H38F3N3O5/c1-2-6-21(18-30-20-9-11-22(12-10-20)37-26(27,28)29)31-25(34)36-23(17-19-7-4-3-5-8-19)24(33)32-13-15-35-16-14-32/h9-12,19,21,23,30H,2-8,13-18H2,1H3,(H,31,34). The monoisotopic (exact) mass is 529 g/mol. The number of carbonyl (C=O) groups excluding carboxylic acids is 2. The van der Waals surface area contributed by atoms with Gasteiger partial charge >= 0.3 is 12.5 Å². The molecular weight excluding hydrogens is 491 g/mol. The average Bonchev–Trinajstić information content (AvgIpc) is 2.87. The number of hydrogen-bond acceptors (Lipinski definition) is 6. The van der Waals surface area contributed by atoms with Crippen LogP contribution < -0.4 is 15.4 Å². The summed E-state index contributed by atoms with van der Waals surface area (Å²) in [4.78, 5) is 27.8. The van der Waals surface area contributed by atoms with E-state index in [1.165, 1.54) is 30.7 Å². The zero-order valence-corrected chi connectivity index (χ0v) is 21.4. The first-order valence-electron chi connectivity index (χ1n) is 13.2. The third-order valence-corrected chi connectivity index (χ3v) is 6.72. The lowest BCUT2D eigenvalue weighted by atomic mass is 9.85. The molecule has 0 aromatic heterocycles. The SMILES string of the molecule is CCCC(CNc1ccc(OC(F)(F)F)cc1)NC(=O)OC(CC1CCCCC1)C(=O)N1CCOCC1. The van der Waals surface area contributed by atoms with Gasteiger partial charge in [-0.25, -0.2) is 4.79 Å². The smallest absolute Gasteiger partial charge is 0.436 e. The van der Waals surface area contributed by atoms with Gasteiger partial charge in [-0.15, -0.1) is 13.2 Å². The van der Waals surface area contributed by atoms with Crippen LogP contribution in [-0.2, 0) is 14.3 Å². The van der Waals surface area contributed by atoms with Gasteiger partial charge < -0.3 is 29.7 Å². The summed E-state index contributed by atoms with van der Waals surface area (Å²) >= 11 is 0. The molecule has 1 aromatic rings. The van der Waals surface area contributed by atoms with Gasteiger partial charge in [-0.3, -0.25) is 4.79 Å². The minimum absolute atomic E-state index is 0.171. The summed E-state index contributed by atoms with van der Waals surface area (Å²) in [5.41, 5.74) is 0.587. The van der Waals surface area contributed by atoms with E-state index >= 15 is 0 Å². The Hall–Kier alpha value is -2.69. The maximum atomic E-state index is 13.2. The highest BCUT2D eigenvalue weighted by Crippen LogP contribution is 2.29. The molecule has 0 radical (unpaired) electrons. The van der Waals surface area contributed by atoms with E-state index in [0.29, 0.717) is 57.3 Å². The Balaban J connectivity index is 1.56. The van der Waals surface area contributed by atoms with E-state index in [-0.39, 0.29) is 17.7 Å². The lowest BCUT2D eigenvalue weighted by Gasteiger charge is -2.32. The first-order valence-corrected chi connectivity index (χ1v) is 13.2. The topological polar surface area (TPSA) is 89.1 Å². The van der Waals surface area contributed by atoms with Gasteiger partial charge in [0.1, 0.15) is 5.75 Å². The zero-order chi connectivity index (χ0) is 26.7. The predicted octanol–water partition coefficient (Wildman–Crippen LogP) is 5.09. The van der Waals surface area contributed by atoms with Gasteiger partial charge in [-0.05, 0) is 43.0 Å². The molecule has 1 heterocycles. The second-order valence-electron chi connectivity index (χ2n) is 9.65. The highest BCUT2D eigenvalue weighted by molar-refractivity contribution is 5.83. The molecule has 2 unspecified atom stereocenters. The van der Waals surface area contributed by atoms with Gasteiger partial charge in [0.15, 0.2) is 6.10 Å². The number of ether oxygens (including phenoxy) is 3. The molecule has 2 atom stereocenters. The van der Waals surface area contributed by atoms with Crippen LogP contribution in [-0.4, -0.2) is 68.3 Å². The lowest BCUT2D eigenvalue weighted by molar-refractivity contribution is -0.274. The van der Waals surface area contributed by atoms with E-state index in [2.05, 4.69) is 15.4 Å². The van der Waals surface area contributed by atoms with Crippen LogP contribution in [0.15, 0.2) is 24.3 Å². The van der Waals surface area contributed by atoms with E-state index in [0.717, 1.165) is 32.1 Å². The molecule has 8 nitrogen and oxygen atoms in total. The molecule has 208 valence electrons. The van der Waals surface area contributed by atoms with Crippen molar-refractivity contribution in [3.8, 4) is 5.75 Å². The van der Waals surface area contributed by atoms with Gasteiger partial charge in [0, 0.05) is 31.4 Å². The number of halogens is 3. The molecule has 0 bridgehead atoms. The van der Waals surface area contributed by atoms with Crippen molar-refractivity contribution in [2.75, 3.05) is 38.2 Å². The Morgan fingerprint density at radius 3 is 2.41 bits per heavy atom. The van der Waals surface area contributed by atoms with Crippen LogP contribution in [0.2, 0.25) is 0 Å². The minimum Gasteiger partial charge on any atom is -0.436 e. The number of nitrogens with zero attached hydrogens (tertiary/aromatic N) is 1. The number of carbonyl (C=O) groups is 2. The summed E-state index contributed by atoms with van der Waals surface area (Å²) in [6, 6.07) is 5.10. The van der Waals surface area contributed by atoms with Crippen LogP contribution in [0.4, 0.5) is 23.7 Å². The van der Waals surface area contributed by atoms with Crippen LogP contribution in [0.5, 0.6) is 5.75 Å². The number of hydrogen-bond donors (Lipinski definition) is 2. The quantitative estimate of drug-likeness (QED) is 0.415. The Kier molecular flexibility index (Phi) is 11.2. The van der Waals surface area contributed by atoms with Crippen molar-refractivity contribution in [1.29, 1.82) is 0 Å². The Labute approximate surface area is 216 Å². The van der Waals surface area contributed by atoms with E-state index in [1.54, 1.807) is 4.90 Å². The fourth-order valence-corrected chi connectivity index (χ4v) is 4.83. The molecule has 2 fully saturated rings.